The maximum atomic E-state index is 7.02. The van der Waals surface area contributed by atoms with Crippen LogP contribution in [0.5, 0.6) is 0 Å². The Kier molecular flexibility index (Phi) is 7.77. The average molecular weight is 692 g/mol. The minimum atomic E-state index is 0.777. The third-order valence-electron chi connectivity index (χ3n) is 10.1. The molecule has 0 amide bonds. The predicted octanol–water partition coefficient (Wildman–Crippen LogP) is 13.2. The van der Waals surface area contributed by atoms with E-state index in [-0.39, 0.29) is 0 Å². The third-order valence-corrected chi connectivity index (χ3v) is 10.1. The summed E-state index contributed by atoms with van der Waals surface area (Å²) < 4.78 is 9.16. The lowest BCUT2D eigenvalue weighted by atomic mass is 9.93. The Balaban J connectivity index is 1.18. The second-order valence-corrected chi connectivity index (χ2v) is 13.5. The lowest BCUT2D eigenvalue weighted by Crippen LogP contribution is -2.00. The zero-order valence-corrected chi connectivity index (χ0v) is 29.3. The van der Waals surface area contributed by atoms with Gasteiger partial charge < -0.3 is 4.42 Å². The van der Waals surface area contributed by atoms with E-state index in [4.69, 9.17) is 14.6 Å². The SMILES string of the molecule is c1ccc(-c2cc(-c3ccccc3)c3oc4c(-c5ccc(-c6nnc(-c7ccccc7)n6-c6ccccc6)cc5)cc(-c5ccccc5)cc4c3c2)cc1. The summed E-state index contributed by atoms with van der Waals surface area (Å²) in [4.78, 5) is 0. The van der Waals surface area contributed by atoms with Gasteiger partial charge in [-0.3, -0.25) is 4.57 Å². The molecule has 0 atom stereocenters. The van der Waals surface area contributed by atoms with E-state index in [1.807, 2.05) is 36.4 Å². The minimum absolute atomic E-state index is 0.777. The number of para-hydroxylation sites is 1. The van der Waals surface area contributed by atoms with Crippen molar-refractivity contribution in [2.45, 2.75) is 0 Å². The van der Waals surface area contributed by atoms with Gasteiger partial charge >= 0.3 is 0 Å². The van der Waals surface area contributed by atoms with Gasteiger partial charge in [-0.2, -0.15) is 0 Å². The van der Waals surface area contributed by atoms with Crippen LogP contribution in [0.15, 0.2) is 205 Å². The van der Waals surface area contributed by atoms with E-state index in [9.17, 15) is 0 Å². The quantitative estimate of drug-likeness (QED) is 0.167. The van der Waals surface area contributed by atoms with E-state index in [0.29, 0.717) is 0 Å². The number of hydrogen-bond acceptors (Lipinski definition) is 3. The molecule has 0 saturated heterocycles. The van der Waals surface area contributed by atoms with Crippen LogP contribution in [-0.2, 0) is 0 Å². The Labute approximate surface area is 313 Å². The summed E-state index contributed by atoms with van der Waals surface area (Å²) >= 11 is 0. The second kappa shape index (κ2) is 13.4. The largest absolute Gasteiger partial charge is 0.455 e. The van der Waals surface area contributed by atoms with Crippen molar-refractivity contribution < 1.29 is 4.42 Å². The number of fused-ring (bicyclic) bond motifs is 3. The molecular formula is C50H33N3O. The van der Waals surface area contributed by atoms with Crippen LogP contribution in [0.3, 0.4) is 0 Å². The Hall–Kier alpha value is -7.30. The fraction of sp³-hybridized carbons (Fsp3) is 0. The molecule has 2 heterocycles. The minimum Gasteiger partial charge on any atom is -0.455 e. The Morgan fingerprint density at radius 2 is 0.667 bits per heavy atom. The molecule has 8 aromatic carbocycles. The van der Waals surface area contributed by atoms with E-state index in [2.05, 4.69) is 168 Å². The van der Waals surface area contributed by atoms with Crippen molar-refractivity contribution >= 4 is 21.9 Å². The van der Waals surface area contributed by atoms with Crippen LogP contribution >= 0.6 is 0 Å². The molecule has 10 aromatic rings. The molecule has 254 valence electrons. The Morgan fingerprint density at radius 1 is 0.315 bits per heavy atom. The summed E-state index contributed by atoms with van der Waals surface area (Å²) in [7, 11) is 0. The lowest BCUT2D eigenvalue weighted by Gasteiger charge is -2.12. The monoisotopic (exact) mass is 691 g/mol. The number of furan rings is 1. The second-order valence-electron chi connectivity index (χ2n) is 13.5. The summed E-state index contributed by atoms with van der Waals surface area (Å²) in [5.74, 6) is 1.57. The van der Waals surface area contributed by atoms with Crippen molar-refractivity contribution in [2.75, 3.05) is 0 Å². The average Bonchev–Trinajstić information content (AvgIpc) is 3.87. The van der Waals surface area contributed by atoms with Crippen LogP contribution in [0, 0.1) is 0 Å². The molecule has 0 N–H and O–H groups in total. The molecule has 54 heavy (non-hydrogen) atoms. The standard InChI is InChI=1S/C50H33N3O/c1-6-16-34(17-7-1)40-30-43(36-20-10-3-11-21-36)47-45(32-40)46-33-41(35-18-8-2-9-19-35)31-44(48(46)54-47)37-26-28-39(29-27-37)50-52-51-49(38-22-12-4-13-23-38)53(50)42-24-14-5-15-25-42/h1-33H. The van der Waals surface area contributed by atoms with Crippen LogP contribution < -0.4 is 0 Å². The smallest absolute Gasteiger partial charge is 0.168 e. The molecule has 4 heteroatoms. The number of benzene rings is 8. The van der Waals surface area contributed by atoms with Gasteiger partial charge in [0.2, 0.25) is 0 Å². The van der Waals surface area contributed by atoms with Gasteiger partial charge in [-0.25, -0.2) is 0 Å². The topological polar surface area (TPSA) is 43.9 Å². The molecule has 0 saturated carbocycles. The van der Waals surface area contributed by atoms with Gasteiger partial charge in [0, 0.05) is 38.7 Å². The highest BCUT2D eigenvalue weighted by Gasteiger charge is 2.21. The molecule has 2 aromatic heterocycles. The van der Waals surface area contributed by atoms with Gasteiger partial charge in [0.1, 0.15) is 11.2 Å². The van der Waals surface area contributed by atoms with Crippen LogP contribution in [0.4, 0.5) is 0 Å². The molecule has 0 aliphatic carbocycles. The summed E-state index contributed by atoms with van der Waals surface area (Å²) in [6.07, 6.45) is 0. The molecule has 0 aliphatic rings. The number of rotatable bonds is 7. The van der Waals surface area contributed by atoms with E-state index >= 15 is 0 Å². The van der Waals surface area contributed by atoms with E-state index in [0.717, 1.165) is 89.3 Å². The zero-order chi connectivity index (χ0) is 35.8. The van der Waals surface area contributed by atoms with Crippen molar-refractivity contribution in [1.82, 2.24) is 14.8 Å². The van der Waals surface area contributed by atoms with Crippen LogP contribution in [-0.4, -0.2) is 14.8 Å². The van der Waals surface area contributed by atoms with E-state index < -0.39 is 0 Å². The van der Waals surface area contributed by atoms with Crippen molar-refractivity contribution in [1.29, 1.82) is 0 Å². The van der Waals surface area contributed by atoms with Gasteiger partial charge in [0.25, 0.3) is 0 Å². The molecule has 0 unspecified atom stereocenters. The van der Waals surface area contributed by atoms with Gasteiger partial charge in [-0.05, 0) is 69.8 Å². The van der Waals surface area contributed by atoms with Crippen molar-refractivity contribution in [2.24, 2.45) is 0 Å². The van der Waals surface area contributed by atoms with E-state index in [1.54, 1.807) is 0 Å². The van der Waals surface area contributed by atoms with Gasteiger partial charge in [-0.1, -0.05) is 164 Å². The highest BCUT2D eigenvalue weighted by atomic mass is 16.3. The molecule has 0 fully saturated rings. The normalized spacial score (nSPS) is 11.3. The maximum absolute atomic E-state index is 7.02. The fourth-order valence-corrected chi connectivity index (χ4v) is 7.49. The molecule has 0 bridgehead atoms. The molecule has 4 nitrogen and oxygen atoms in total. The van der Waals surface area contributed by atoms with E-state index in [1.165, 1.54) is 5.56 Å². The summed E-state index contributed by atoms with van der Waals surface area (Å²) in [5, 5.41) is 11.6. The number of aromatic nitrogens is 3. The Morgan fingerprint density at radius 3 is 1.13 bits per heavy atom. The first kappa shape index (κ1) is 31.4. The van der Waals surface area contributed by atoms with Gasteiger partial charge in [0.15, 0.2) is 11.6 Å². The highest BCUT2D eigenvalue weighted by Crippen LogP contribution is 2.44. The fourth-order valence-electron chi connectivity index (χ4n) is 7.49. The molecule has 10 rings (SSSR count). The first-order valence-corrected chi connectivity index (χ1v) is 18.2. The maximum Gasteiger partial charge on any atom is 0.168 e. The van der Waals surface area contributed by atoms with Crippen LogP contribution in [0.1, 0.15) is 0 Å². The molecule has 0 spiro atoms. The van der Waals surface area contributed by atoms with Crippen LogP contribution in [0.2, 0.25) is 0 Å². The van der Waals surface area contributed by atoms with Gasteiger partial charge in [0.05, 0.1) is 0 Å². The van der Waals surface area contributed by atoms with Crippen molar-refractivity contribution in [3.63, 3.8) is 0 Å². The van der Waals surface area contributed by atoms with Crippen molar-refractivity contribution in [3.8, 4) is 73.0 Å². The number of nitrogens with zero attached hydrogens (tertiary/aromatic N) is 3. The predicted molar refractivity (Wildman–Crippen MR) is 221 cm³/mol. The summed E-state index contributed by atoms with van der Waals surface area (Å²) in [6.45, 7) is 0. The first-order valence-electron chi connectivity index (χ1n) is 18.2. The van der Waals surface area contributed by atoms with Gasteiger partial charge in [-0.15, -0.1) is 10.2 Å². The summed E-state index contributed by atoms with van der Waals surface area (Å²) in [6, 6.07) is 69.9. The molecule has 0 aliphatic heterocycles. The highest BCUT2D eigenvalue weighted by molar-refractivity contribution is 6.15. The first-order chi connectivity index (χ1) is 26.8. The number of hydrogen-bond donors (Lipinski definition) is 0. The van der Waals surface area contributed by atoms with Crippen LogP contribution in [0.25, 0.3) is 94.9 Å². The lowest BCUT2D eigenvalue weighted by molar-refractivity contribution is 0.671. The third kappa shape index (κ3) is 5.58. The van der Waals surface area contributed by atoms with Crippen molar-refractivity contribution in [3.05, 3.63) is 200 Å². The zero-order valence-electron chi connectivity index (χ0n) is 29.3. The Bertz CT molecular complexity index is 2880. The molecular weight excluding hydrogens is 659 g/mol. The molecule has 0 radical (unpaired) electrons. The summed E-state index contributed by atoms with van der Waals surface area (Å²) in [5.41, 5.74) is 13.6.